The number of aromatic nitrogens is 5. The van der Waals surface area contributed by atoms with E-state index < -0.39 is 5.41 Å². The summed E-state index contributed by atoms with van der Waals surface area (Å²) in [7, 11) is 0. The van der Waals surface area contributed by atoms with Gasteiger partial charge in [0.1, 0.15) is 5.35 Å². The molecule has 0 bridgehead atoms. The number of hydrogen-bond acceptors (Lipinski definition) is 3. The molecule has 0 spiro atoms. The van der Waals surface area contributed by atoms with Gasteiger partial charge in [-0.1, -0.05) is 236 Å². The van der Waals surface area contributed by atoms with Crippen LogP contribution in [0.25, 0.3) is 118 Å². The number of rotatable bonds is 9. The molecule has 0 radical (unpaired) electrons. The van der Waals surface area contributed by atoms with Crippen molar-refractivity contribution in [1.29, 1.82) is 0 Å². The van der Waals surface area contributed by atoms with Gasteiger partial charge in [-0.2, -0.15) is 9.97 Å². The molecule has 16 rings (SSSR count). The molecule has 0 saturated heterocycles. The first-order valence-corrected chi connectivity index (χ1v) is 27.5. The van der Waals surface area contributed by atoms with Gasteiger partial charge in [-0.25, -0.2) is 4.98 Å². The highest BCUT2D eigenvalue weighted by Gasteiger charge is 2.46. The van der Waals surface area contributed by atoms with E-state index in [1.165, 1.54) is 0 Å². The van der Waals surface area contributed by atoms with Crippen LogP contribution in [-0.4, -0.2) is 24.1 Å². The molecule has 4 heterocycles. The van der Waals surface area contributed by atoms with E-state index >= 15 is 0 Å². The summed E-state index contributed by atoms with van der Waals surface area (Å²) < 4.78 is 4.67. The quantitative estimate of drug-likeness (QED) is 0.135. The molecule has 0 unspecified atom stereocenters. The van der Waals surface area contributed by atoms with E-state index in [9.17, 15) is 0 Å². The van der Waals surface area contributed by atoms with Crippen molar-refractivity contribution in [2.24, 2.45) is 0 Å². The highest BCUT2D eigenvalue weighted by molar-refractivity contribution is 6.11. The number of fused-ring (bicyclic) bond motifs is 8. The van der Waals surface area contributed by atoms with Gasteiger partial charge in [0, 0.05) is 38.1 Å². The number of hydrogen-bond donors (Lipinski definition) is 0. The van der Waals surface area contributed by atoms with Crippen molar-refractivity contribution < 1.29 is 0 Å². The topological polar surface area (TPSA) is 48.5 Å². The molecule has 376 valence electrons. The van der Waals surface area contributed by atoms with Crippen LogP contribution in [0, 0.1) is 0 Å². The third-order valence-corrected chi connectivity index (χ3v) is 16.5. The fourth-order valence-electron chi connectivity index (χ4n) is 12.8. The molecule has 3 aromatic heterocycles. The normalized spacial score (nSPS) is 12.9. The maximum Gasteiger partial charge on any atom is 0.238 e. The van der Waals surface area contributed by atoms with Gasteiger partial charge in [0.05, 0.1) is 27.7 Å². The third-order valence-electron chi connectivity index (χ3n) is 16.5. The molecule has 5 heteroatoms. The molecule has 11 aromatic carbocycles. The smallest absolute Gasteiger partial charge is 0.238 e. The average Bonchev–Trinajstić information content (AvgIpc) is 2.96. The first-order chi connectivity index (χ1) is 40.2. The van der Waals surface area contributed by atoms with Crippen molar-refractivity contribution in [3.05, 3.63) is 323 Å². The van der Waals surface area contributed by atoms with E-state index in [0.717, 1.165) is 127 Å². The Morgan fingerprint density at radius 3 is 1.28 bits per heavy atom. The molecule has 5 nitrogen and oxygen atoms in total. The molecule has 0 N–H and O–H groups in total. The fraction of sp³-hybridized carbons (Fsp3) is 0.0132. The van der Waals surface area contributed by atoms with Gasteiger partial charge in [0.25, 0.3) is 0 Å². The van der Waals surface area contributed by atoms with Crippen molar-refractivity contribution in [3.8, 4) is 67.8 Å². The van der Waals surface area contributed by atoms with Crippen LogP contribution in [0.2, 0.25) is 0 Å². The predicted octanol–water partition coefficient (Wildman–Crippen LogP) is 16.4. The lowest BCUT2D eigenvalue weighted by Gasteiger charge is -2.42. The SMILES string of the molecule is C1=C=c2c(c3cc(-c4nc(-c5ccccc5)nc(-n5c6ccc(-c7ccccc7)cc6c6cc(-c7ccccc7)ccc65)n4)cc4c3n2-c2ccc(-c3ccccc3)cc2C4(c2ccccc2)c2ccccc2)=CC=1c1ccccc1. The lowest BCUT2D eigenvalue weighted by molar-refractivity contribution is 0.722. The lowest BCUT2D eigenvalue weighted by Crippen LogP contribution is -2.38. The van der Waals surface area contributed by atoms with Gasteiger partial charge in [-0.05, 0) is 122 Å². The van der Waals surface area contributed by atoms with Gasteiger partial charge >= 0.3 is 0 Å². The Kier molecular flexibility index (Phi) is 10.6. The summed E-state index contributed by atoms with van der Waals surface area (Å²) in [6.07, 6.45) is 2.29. The Morgan fingerprint density at radius 2 is 0.753 bits per heavy atom. The zero-order valence-corrected chi connectivity index (χ0v) is 43.9. The maximum atomic E-state index is 5.70. The van der Waals surface area contributed by atoms with Gasteiger partial charge in [-0.3, -0.25) is 4.57 Å². The second-order valence-corrected chi connectivity index (χ2v) is 21.0. The average molecular weight is 1030 g/mol. The molecular weight excluding hydrogens is 983 g/mol. The Bertz CT molecular complexity index is 4880. The predicted molar refractivity (Wildman–Crippen MR) is 331 cm³/mol. The molecule has 81 heavy (non-hydrogen) atoms. The monoisotopic (exact) mass is 1030 g/mol. The lowest BCUT2D eigenvalue weighted by atomic mass is 9.62. The van der Waals surface area contributed by atoms with Crippen LogP contribution in [0.5, 0.6) is 0 Å². The zero-order chi connectivity index (χ0) is 53.4. The van der Waals surface area contributed by atoms with E-state index in [-0.39, 0.29) is 0 Å². The van der Waals surface area contributed by atoms with Gasteiger partial charge in [0.15, 0.2) is 11.6 Å². The zero-order valence-electron chi connectivity index (χ0n) is 43.9. The Labute approximate surface area is 468 Å². The number of nitrogens with zero attached hydrogens (tertiary/aromatic N) is 5. The molecule has 1 aliphatic carbocycles. The minimum atomic E-state index is -0.828. The standard InChI is InChI=1S/C76H47N5/c1-8-22-50(23-9-1)55-37-41-69-62(44-55)63-45-56(51-24-10-2-11-25-51)38-42-70(63)81(69)75-78-73(54-30-16-5-17-31-54)77-74(79-75)59-47-65-64-46-57(52-26-12-3-13-27-52)36-40-68(64)80-71-43-39-58(53-28-14-4-15-29-53)48-66(71)76(67(49-59)72(65)80,60-32-18-6-19-33-60)61-34-20-7-21-35-61/h1-35,37-39,41-49H. The minimum Gasteiger partial charge on any atom is -0.301 e. The number of allylic oxidation sites excluding steroid dienone is 1. The molecule has 2 aliphatic rings. The summed E-state index contributed by atoms with van der Waals surface area (Å²) in [5.41, 5.74) is 26.0. The highest BCUT2D eigenvalue weighted by atomic mass is 15.2. The van der Waals surface area contributed by atoms with Gasteiger partial charge in [0.2, 0.25) is 5.95 Å². The van der Waals surface area contributed by atoms with E-state index in [0.29, 0.717) is 17.6 Å². The second kappa shape index (κ2) is 18.6. The van der Waals surface area contributed by atoms with Crippen molar-refractivity contribution in [3.63, 3.8) is 0 Å². The van der Waals surface area contributed by atoms with Crippen LogP contribution in [0.4, 0.5) is 0 Å². The van der Waals surface area contributed by atoms with Crippen LogP contribution in [-0.2, 0) is 5.41 Å². The molecule has 0 fully saturated rings. The van der Waals surface area contributed by atoms with Gasteiger partial charge < -0.3 is 4.57 Å². The molecule has 0 amide bonds. The van der Waals surface area contributed by atoms with Crippen LogP contribution in [0.1, 0.15) is 27.8 Å². The van der Waals surface area contributed by atoms with Gasteiger partial charge in [-0.15, -0.1) is 0 Å². The van der Waals surface area contributed by atoms with Crippen molar-refractivity contribution in [1.82, 2.24) is 24.1 Å². The van der Waals surface area contributed by atoms with E-state index in [1.54, 1.807) is 0 Å². The summed E-state index contributed by atoms with van der Waals surface area (Å²) in [5.74, 6) is 1.66. The molecule has 0 saturated carbocycles. The Hall–Kier alpha value is -10.9. The summed E-state index contributed by atoms with van der Waals surface area (Å²) in [4.78, 5) is 16.7. The second-order valence-electron chi connectivity index (χ2n) is 21.0. The molecule has 0 atom stereocenters. The van der Waals surface area contributed by atoms with Crippen molar-refractivity contribution >= 4 is 50.1 Å². The fourth-order valence-corrected chi connectivity index (χ4v) is 12.8. The Morgan fingerprint density at radius 1 is 0.321 bits per heavy atom. The summed E-state index contributed by atoms with van der Waals surface area (Å²) in [6.45, 7) is 0. The first kappa shape index (κ1) is 46.2. The Balaban J connectivity index is 1.03. The van der Waals surface area contributed by atoms with Crippen molar-refractivity contribution in [2.75, 3.05) is 0 Å². The van der Waals surface area contributed by atoms with Crippen LogP contribution >= 0.6 is 0 Å². The highest BCUT2D eigenvalue weighted by Crippen LogP contribution is 2.53. The van der Waals surface area contributed by atoms with Crippen LogP contribution in [0.3, 0.4) is 0 Å². The van der Waals surface area contributed by atoms with Crippen LogP contribution < -0.4 is 10.6 Å². The van der Waals surface area contributed by atoms with Crippen LogP contribution in [0.15, 0.2) is 285 Å². The van der Waals surface area contributed by atoms with E-state index in [4.69, 9.17) is 15.0 Å². The first-order valence-electron chi connectivity index (χ1n) is 27.5. The summed E-state index contributed by atoms with van der Waals surface area (Å²) in [6, 6.07) is 100. The van der Waals surface area contributed by atoms with Crippen molar-refractivity contribution in [2.45, 2.75) is 5.41 Å². The molecule has 14 aromatic rings. The molecule has 1 aliphatic heterocycles. The third kappa shape index (κ3) is 7.39. The maximum absolute atomic E-state index is 5.70. The molecular formula is C76H47N5. The summed E-state index contributed by atoms with van der Waals surface area (Å²) >= 11 is 0. The largest absolute Gasteiger partial charge is 0.301 e. The minimum absolute atomic E-state index is 0.527. The summed E-state index contributed by atoms with van der Waals surface area (Å²) in [5, 5.41) is 5.29. The van der Waals surface area contributed by atoms with E-state index in [2.05, 4.69) is 288 Å². The van der Waals surface area contributed by atoms with E-state index in [1.807, 2.05) is 18.2 Å². The number of benzene rings is 11.